The Hall–Kier alpha value is -3.81. The van der Waals surface area contributed by atoms with Crippen molar-refractivity contribution in [2.75, 3.05) is 16.0 Å². The van der Waals surface area contributed by atoms with Gasteiger partial charge in [-0.2, -0.15) is 0 Å². The molecule has 27 heavy (non-hydrogen) atoms. The molecule has 1 aromatic heterocycles. The van der Waals surface area contributed by atoms with Gasteiger partial charge in [-0.15, -0.1) is 10.2 Å². The second kappa shape index (κ2) is 8.05. The lowest BCUT2D eigenvalue weighted by atomic mass is 10.2. The highest BCUT2D eigenvalue weighted by molar-refractivity contribution is 6.02. The molecule has 0 bridgehead atoms. The van der Waals surface area contributed by atoms with Gasteiger partial charge in [-0.05, 0) is 48.5 Å². The first-order chi connectivity index (χ1) is 13.0. The van der Waals surface area contributed by atoms with Gasteiger partial charge >= 0.3 is 0 Å². The summed E-state index contributed by atoms with van der Waals surface area (Å²) in [6.07, 6.45) is 0. The predicted octanol–water partition coefficient (Wildman–Crippen LogP) is 3.57. The number of hydrogen-bond acceptors (Lipinski definition) is 5. The topological polar surface area (TPSA) is 96.0 Å². The number of hydrogen-bond donors (Lipinski definition) is 3. The summed E-state index contributed by atoms with van der Waals surface area (Å²) in [4.78, 5) is 23.1. The molecule has 0 saturated heterocycles. The van der Waals surface area contributed by atoms with E-state index >= 15 is 0 Å². The van der Waals surface area contributed by atoms with E-state index < -0.39 is 11.7 Å². The van der Waals surface area contributed by atoms with Gasteiger partial charge in [-0.1, -0.05) is 12.1 Å². The van der Waals surface area contributed by atoms with Crippen LogP contribution in [0.5, 0.6) is 0 Å². The third kappa shape index (κ3) is 4.85. The van der Waals surface area contributed by atoms with Gasteiger partial charge in [0.1, 0.15) is 5.82 Å². The molecule has 1 heterocycles. The Kier molecular flexibility index (Phi) is 5.36. The minimum absolute atomic E-state index is 0.0600. The zero-order chi connectivity index (χ0) is 19.2. The Bertz CT molecular complexity index is 959. The lowest BCUT2D eigenvalue weighted by Crippen LogP contribution is -2.15. The predicted molar refractivity (Wildman–Crippen MR) is 100 cm³/mol. The third-order valence-electron chi connectivity index (χ3n) is 3.50. The number of benzene rings is 2. The van der Waals surface area contributed by atoms with Crippen LogP contribution in [-0.2, 0) is 4.79 Å². The smallest absolute Gasteiger partial charge is 0.276 e. The first-order valence-electron chi connectivity index (χ1n) is 8.05. The van der Waals surface area contributed by atoms with Crippen molar-refractivity contribution in [1.82, 2.24) is 10.2 Å². The molecule has 2 aromatic carbocycles. The van der Waals surface area contributed by atoms with Gasteiger partial charge in [0.15, 0.2) is 11.5 Å². The highest BCUT2D eigenvalue weighted by Crippen LogP contribution is 2.18. The molecule has 0 aliphatic rings. The number of amides is 2. The molecule has 2 amide bonds. The maximum atomic E-state index is 13.6. The molecular weight excluding hydrogens is 349 g/mol. The standard InChI is InChI=1S/C19H16FN5O2/c1-12(26)21-13-6-8-14(9-7-13)22-18-11-10-17(24-25-18)19(27)23-16-5-3-2-4-15(16)20/h2-11H,1H3,(H,21,26)(H,22,25)(H,23,27). The van der Waals surface area contributed by atoms with Crippen LogP contribution < -0.4 is 16.0 Å². The molecule has 0 aliphatic heterocycles. The van der Waals surface area contributed by atoms with E-state index in [1.807, 2.05) is 0 Å². The Labute approximate surface area is 154 Å². The average molecular weight is 365 g/mol. The minimum atomic E-state index is -0.557. The summed E-state index contributed by atoms with van der Waals surface area (Å²) in [6.45, 7) is 1.44. The van der Waals surface area contributed by atoms with Crippen LogP contribution in [0.1, 0.15) is 17.4 Å². The van der Waals surface area contributed by atoms with Gasteiger partial charge in [0.25, 0.3) is 5.91 Å². The number of rotatable bonds is 5. The monoisotopic (exact) mass is 365 g/mol. The lowest BCUT2D eigenvalue weighted by molar-refractivity contribution is -0.114. The van der Waals surface area contributed by atoms with Gasteiger partial charge in [-0.25, -0.2) is 4.39 Å². The average Bonchev–Trinajstić information content (AvgIpc) is 2.65. The SMILES string of the molecule is CC(=O)Nc1ccc(Nc2ccc(C(=O)Nc3ccccc3F)nn2)cc1. The lowest BCUT2D eigenvalue weighted by Gasteiger charge is -2.08. The van der Waals surface area contributed by atoms with Crippen molar-refractivity contribution in [2.45, 2.75) is 6.92 Å². The fourth-order valence-corrected chi connectivity index (χ4v) is 2.26. The van der Waals surface area contributed by atoms with Crippen molar-refractivity contribution in [3.8, 4) is 0 Å². The van der Waals surface area contributed by atoms with Crippen molar-refractivity contribution >= 4 is 34.7 Å². The molecule has 3 rings (SSSR count). The molecule has 0 aliphatic carbocycles. The van der Waals surface area contributed by atoms with E-state index in [2.05, 4.69) is 26.1 Å². The number of carbonyl (C=O) groups is 2. The van der Waals surface area contributed by atoms with Gasteiger partial charge < -0.3 is 16.0 Å². The molecule has 0 unspecified atom stereocenters. The van der Waals surface area contributed by atoms with Crippen LogP contribution in [-0.4, -0.2) is 22.0 Å². The van der Waals surface area contributed by atoms with E-state index in [-0.39, 0.29) is 17.3 Å². The Morgan fingerprint density at radius 3 is 2.19 bits per heavy atom. The minimum Gasteiger partial charge on any atom is -0.339 e. The molecule has 3 N–H and O–H groups in total. The van der Waals surface area contributed by atoms with E-state index in [0.29, 0.717) is 11.5 Å². The normalized spacial score (nSPS) is 10.1. The van der Waals surface area contributed by atoms with E-state index in [1.54, 1.807) is 36.4 Å². The zero-order valence-electron chi connectivity index (χ0n) is 14.4. The molecule has 3 aromatic rings. The first-order valence-corrected chi connectivity index (χ1v) is 8.05. The van der Waals surface area contributed by atoms with E-state index in [1.165, 1.54) is 31.2 Å². The fraction of sp³-hybridized carbons (Fsp3) is 0.0526. The van der Waals surface area contributed by atoms with E-state index in [4.69, 9.17) is 0 Å². The van der Waals surface area contributed by atoms with Crippen LogP contribution in [0.25, 0.3) is 0 Å². The van der Waals surface area contributed by atoms with E-state index in [9.17, 15) is 14.0 Å². The van der Waals surface area contributed by atoms with Crippen LogP contribution >= 0.6 is 0 Å². The number of nitrogens with zero attached hydrogens (tertiary/aromatic N) is 2. The maximum Gasteiger partial charge on any atom is 0.276 e. The summed E-state index contributed by atoms with van der Waals surface area (Å²) in [5.41, 5.74) is 1.55. The molecule has 136 valence electrons. The molecule has 0 fully saturated rings. The summed E-state index contributed by atoms with van der Waals surface area (Å²) >= 11 is 0. The number of carbonyl (C=O) groups excluding carboxylic acids is 2. The van der Waals surface area contributed by atoms with Crippen molar-refractivity contribution < 1.29 is 14.0 Å². The van der Waals surface area contributed by atoms with Gasteiger partial charge in [0.05, 0.1) is 5.69 Å². The second-order valence-electron chi connectivity index (χ2n) is 5.62. The van der Waals surface area contributed by atoms with Crippen LogP contribution in [0.2, 0.25) is 0 Å². The van der Waals surface area contributed by atoms with Crippen molar-refractivity contribution in [3.05, 3.63) is 72.2 Å². The van der Waals surface area contributed by atoms with Crippen LogP contribution in [0.15, 0.2) is 60.7 Å². The summed E-state index contributed by atoms with van der Waals surface area (Å²) in [5, 5.41) is 15.9. The first kappa shape index (κ1) is 18.0. The highest BCUT2D eigenvalue weighted by Gasteiger charge is 2.11. The van der Waals surface area contributed by atoms with Crippen molar-refractivity contribution in [1.29, 1.82) is 0 Å². The molecule has 0 saturated carbocycles. The van der Waals surface area contributed by atoms with Crippen molar-refractivity contribution in [3.63, 3.8) is 0 Å². The van der Waals surface area contributed by atoms with Crippen molar-refractivity contribution in [2.24, 2.45) is 0 Å². The summed E-state index contributed by atoms with van der Waals surface area (Å²) in [5.74, 6) is -0.797. The summed E-state index contributed by atoms with van der Waals surface area (Å²) in [7, 11) is 0. The Balaban J connectivity index is 1.64. The number of para-hydroxylation sites is 1. The number of anilines is 4. The van der Waals surface area contributed by atoms with Gasteiger partial charge in [-0.3, -0.25) is 9.59 Å². The highest BCUT2D eigenvalue weighted by atomic mass is 19.1. The Morgan fingerprint density at radius 1 is 0.852 bits per heavy atom. The van der Waals surface area contributed by atoms with E-state index in [0.717, 1.165) is 5.69 Å². The largest absolute Gasteiger partial charge is 0.339 e. The number of nitrogens with one attached hydrogen (secondary N) is 3. The fourth-order valence-electron chi connectivity index (χ4n) is 2.26. The van der Waals surface area contributed by atoms with Crippen LogP contribution in [0.3, 0.4) is 0 Å². The summed E-state index contributed by atoms with van der Waals surface area (Å²) in [6, 6.07) is 16.0. The van der Waals surface area contributed by atoms with Gasteiger partial charge in [0, 0.05) is 18.3 Å². The van der Waals surface area contributed by atoms with Crippen LogP contribution in [0.4, 0.5) is 27.3 Å². The molecule has 0 atom stereocenters. The zero-order valence-corrected chi connectivity index (χ0v) is 14.4. The number of halogens is 1. The molecule has 0 spiro atoms. The Morgan fingerprint density at radius 2 is 1.56 bits per heavy atom. The van der Waals surface area contributed by atoms with Gasteiger partial charge in [0.2, 0.25) is 5.91 Å². The maximum absolute atomic E-state index is 13.6. The third-order valence-corrected chi connectivity index (χ3v) is 3.50. The molecular formula is C19H16FN5O2. The molecule has 7 nitrogen and oxygen atoms in total. The van der Waals surface area contributed by atoms with Crippen LogP contribution in [0, 0.1) is 5.82 Å². The second-order valence-corrected chi connectivity index (χ2v) is 5.62. The molecule has 8 heteroatoms. The summed E-state index contributed by atoms with van der Waals surface area (Å²) < 4.78 is 13.6. The number of aromatic nitrogens is 2. The molecule has 0 radical (unpaired) electrons. The quantitative estimate of drug-likeness (QED) is 0.642.